The van der Waals surface area contributed by atoms with Gasteiger partial charge in [0.1, 0.15) is 18.5 Å². The van der Waals surface area contributed by atoms with Gasteiger partial charge in [0.05, 0.1) is 16.9 Å². The standard InChI is InChI=1S/C21H17ClFN5O3/c1-11-5-6-12(8-14(11)23)17-13(22)9-25-18(27-17)20(29)26-15-10-31-16-4-3-7-24-19(16)28(2)21(15)30/h3-9,15H,10H2,1-2H3,(H,26,29). The number of fused-ring (bicyclic) bond motifs is 1. The number of rotatable bonds is 3. The van der Waals surface area contributed by atoms with Gasteiger partial charge >= 0.3 is 0 Å². The molecule has 0 aliphatic carbocycles. The molecule has 8 nitrogen and oxygen atoms in total. The summed E-state index contributed by atoms with van der Waals surface area (Å²) in [6.45, 7) is 1.55. The maximum atomic E-state index is 14.0. The Kier molecular flexibility index (Phi) is 5.51. The number of hydrogen-bond donors (Lipinski definition) is 1. The molecular formula is C21H17ClFN5O3. The Morgan fingerprint density at radius 3 is 2.90 bits per heavy atom. The van der Waals surface area contributed by atoms with Crippen molar-refractivity contribution in [1.29, 1.82) is 0 Å². The summed E-state index contributed by atoms with van der Waals surface area (Å²) in [5.41, 5.74) is 1.08. The lowest BCUT2D eigenvalue weighted by atomic mass is 10.1. The highest BCUT2D eigenvalue weighted by Crippen LogP contribution is 2.28. The third-order valence-corrected chi connectivity index (χ3v) is 5.08. The molecule has 10 heteroatoms. The maximum absolute atomic E-state index is 14.0. The second kappa shape index (κ2) is 8.27. The topological polar surface area (TPSA) is 97.3 Å². The lowest BCUT2D eigenvalue weighted by molar-refractivity contribution is -0.120. The Morgan fingerprint density at radius 1 is 1.32 bits per heavy atom. The van der Waals surface area contributed by atoms with Gasteiger partial charge in [0.2, 0.25) is 5.82 Å². The summed E-state index contributed by atoms with van der Waals surface area (Å²) in [6.07, 6.45) is 2.80. The van der Waals surface area contributed by atoms with Crippen LogP contribution in [0.1, 0.15) is 16.2 Å². The fraction of sp³-hybridized carbons (Fsp3) is 0.190. The van der Waals surface area contributed by atoms with E-state index in [9.17, 15) is 14.0 Å². The second-order valence-corrected chi connectivity index (χ2v) is 7.32. The fourth-order valence-corrected chi connectivity index (χ4v) is 3.27. The molecular weight excluding hydrogens is 425 g/mol. The number of hydrogen-bond acceptors (Lipinski definition) is 6. The Bertz CT molecular complexity index is 1190. The van der Waals surface area contributed by atoms with Crippen LogP contribution in [0.5, 0.6) is 5.75 Å². The van der Waals surface area contributed by atoms with E-state index < -0.39 is 23.7 Å². The molecule has 1 N–H and O–H groups in total. The number of carbonyl (C=O) groups is 2. The number of benzene rings is 1. The van der Waals surface area contributed by atoms with E-state index in [2.05, 4.69) is 20.3 Å². The van der Waals surface area contributed by atoms with E-state index in [1.165, 1.54) is 17.2 Å². The van der Waals surface area contributed by atoms with Crippen molar-refractivity contribution in [2.24, 2.45) is 0 Å². The lowest BCUT2D eigenvalue weighted by Crippen LogP contribution is -2.49. The SMILES string of the molecule is Cc1ccc(-c2nc(C(=O)NC3COc4cccnc4N(C)C3=O)ncc2Cl)cc1F. The van der Waals surface area contributed by atoms with Crippen molar-refractivity contribution in [3.8, 4) is 17.0 Å². The summed E-state index contributed by atoms with van der Waals surface area (Å²) in [7, 11) is 1.55. The van der Waals surface area contributed by atoms with Crippen LogP contribution in [-0.4, -0.2) is 46.5 Å². The first kappa shape index (κ1) is 20.7. The van der Waals surface area contributed by atoms with Crippen LogP contribution in [0.25, 0.3) is 11.3 Å². The third-order valence-electron chi connectivity index (χ3n) is 4.80. The molecule has 3 heterocycles. The van der Waals surface area contributed by atoms with Crippen molar-refractivity contribution < 1.29 is 18.7 Å². The van der Waals surface area contributed by atoms with Gasteiger partial charge in [-0.05, 0) is 30.7 Å². The Morgan fingerprint density at radius 2 is 2.13 bits per heavy atom. The molecule has 1 aromatic carbocycles. The number of halogens is 2. The zero-order valence-corrected chi connectivity index (χ0v) is 17.4. The van der Waals surface area contributed by atoms with Crippen LogP contribution in [-0.2, 0) is 4.79 Å². The van der Waals surface area contributed by atoms with Crippen molar-refractivity contribution in [3.05, 3.63) is 65.0 Å². The van der Waals surface area contributed by atoms with Crippen molar-refractivity contribution in [3.63, 3.8) is 0 Å². The van der Waals surface area contributed by atoms with E-state index in [-0.39, 0.29) is 23.1 Å². The van der Waals surface area contributed by atoms with E-state index in [4.69, 9.17) is 16.3 Å². The molecule has 1 aliphatic rings. The minimum Gasteiger partial charge on any atom is -0.487 e. The largest absolute Gasteiger partial charge is 0.487 e. The molecule has 1 atom stereocenters. The highest BCUT2D eigenvalue weighted by Gasteiger charge is 2.32. The van der Waals surface area contributed by atoms with E-state index in [0.29, 0.717) is 22.7 Å². The summed E-state index contributed by atoms with van der Waals surface area (Å²) in [5.74, 6) is -0.941. The van der Waals surface area contributed by atoms with Gasteiger partial charge in [-0.1, -0.05) is 23.7 Å². The summed E-state index contributed by atoms with van der Waals surface area (Å²) < 4.78 is 19.6. The van der Waals surface area contributed by atoms with Gasteiger partial charge in [-0.2, -0.15) is 0 Å². The predicted octanol–water partition coefficient (Wildman–Crippen LogP) is 2.79. The van der Waals surface area contributed by atoms with Crippen LogP contribution in [0.2, 0.25) is 5.02 Å². The normalized spacial score (nSPS) is 15.7. The van der Waals surface area contributed by atoms with Gasteiger partial charge in [-0.25, -0.2) is 19.3 Å². The fourth-order valence-electron chi connectivity index (χ4n) is 3.07. The van der Waals surface area contributed by atoms with Gasteiger partial charge in [0.15, 0.2) is 11.6 Å². The highest BCUT2D eigenvalue weighted by molar-refractivity contribution is 6.33. The van der Waals surface area contributed by atoms with Crippen LogP contribution in [0, 0.1) is 12.7 Å². The number of likely N-dealkylation sites (N-methyl/N-ethyl adjacent to an activating group) is 1. The summed E-state index contributed by atoms with van der Waals surface area (Å²) in [4.78, 5) is 39.1. The van der Waals surface area contributed by atoms with Crippen molar-refractivity contribution in [2.75, 3.05) is 18.6 Å². The number of ether oxygens (including phenoxy) is 1. The molecule has 0 saturated carbocycles. The monoisotopic (exact) mass is 441 g/mol. The van der Waals surface area contributed by atoms with E-state index in [0.717, 1.165) is 0 Å². The van der Waals surface area contributed by atoms with Crippen LogP contribution >= 0.6 is 11.6 Å². The summed E-state index contributed by atoms with van der Waals surface area (Å²) in [6, 6.07) is 6.92. The molecule has 0 spiro atoms. The van der Waals surface area contributed by atoms with Crippen LogP contribution in [0.4, 0.5) is 10.2 Å². The summed E-state index contributed by atoms with van der Waals surface area (Å²) in [5, 5.41) is 2.75. The maximum Gasteiger partial charge on any atom is 0.289 e. The van der Waals surface area contributed by atoms with E-state index in [1.54, 1.807) is 44.4 Å². The molecule has 4 rings (SSSR count). The number of anilines is 1. The van der Waals surface area contributed by atoms with Crippen molar-refractivity contribution in [2.45, 2.75) is 13.0 Å². The first-order chi connectivity index (χ1) is 14.8. The van der Waals surface area contributed by atoms with Crippen LogP contribution < -0.4 is 15.0 Å². The quantitative estimate of drug-likeness (QED) is 0.671. The second-order valence-electron chi connectivity index (χ2n) is 6.91. The Balaban J connectivity index is 1.58. The number of pyridine rings is 1. The molecule has 3 aromatic rings. The molecule has 31 heavy (non-hydrogen) atoms. The predicted molar refractivity (Wildman–Crippen MR) is 112 cm³/mol. The van der Waals surface area contributed by atoms with Gasteiger partial charge in [-0.3, -0.25) is 14.5 Å². The zero-order chi connectivity index (χ0) is 22.1. The zero-order valence-electron chi connectivity index (χ0n) is 16.6. The van der Waals surface area contributed by atoms with Crippen LogP contribution in [0.3, 0.4) is 0 Å². The number of amides is 2. The summed E-state index contributed by atoms with van der Waals surface area (Å²) >= 11 is 6.17. The molecule has 2 amide bonds. The Hall–Kier alpha value is -3.59. The van der Waals surface area contributed by atoms with Crippen molar-refractivity contribution >= 4 is 29.2 Å². The Labute approximate surface area is 182 Å². The minimum absolute atomic E-state index is 0.0861. The van der Waals surface area contributed by atoms with E-state index in [1.807, 2.05) is 0 Å². The van der Waals surface area contributed by atoms with Gasteiger partial charge < -0.3 is 10.1 Å². The molecule has 0 fully saturated rings. The van der Waals surface area contributed by atoms with Gasteiger partial charge in [0, 0.05) is 18.8 Å². The lowest BCUT2D eigenvalue weighted by Gasteiger charge is -2.19. The van der Waals surface area contributed by atoms with E-state index >= 15 is 0 Å². The van der Waals surface area contributed by atoms with Gasteiger partial charge in [0.25, 0.3) is 11.8 Å². The molecule has 1 unspecified atom stereocenters. The molecule has 1 aliphatic heterocycles. The first-order valence-electron chi connectivity index (χ1n) is 9.30. The smallest absolute Gasteiger partial charge is 0.289 e. The minimum atomic E-state index is -0.980. The average molecular weight is 442 g/mol. The molecule has 0 saturated heterocycles. The molecule has 2 aromatic heterocycles. The number of nitrogens with one attached hydrogen (secondary N) is 1. The molecule has 0 bridgehead atoms. The number of aromatic nitrogens is 3. The van der Waals surface area contributed by atoms with Crippen LogP contribution in [0.15, 0.2) is 42.7 Å². The molecule has 158 valence electrons. The van der Waals surface area contributed by atoms with Crippen molar-refractivity contribution in [1.82, 2.24) is 20.3 Å². The number of nitrogens with zero attached hydrogens (tertiary/aromatic N) is 4. The number of carbonyl (C=O) groups excluding carboxylic acids is 2. The first-order valence-corrected chi connectivity index (χ1v) is 9.68. The highest BCUT2D eigenvalue weighted by atomic mass is 35.5. The van der Waals surface area contributed by atoms with Gasteiger partial charge in [-0.15, -0.1) is 0 Å². The number of aryl methyl sites for hydroxylation is 1. The molecule has 0 radical (unpaired) electrons. The average Bonchev–Trinajstić information content (AvgIpc) is 2.88. The third kappa shape index (κ3) is 4.04.